The third kappa shape index (κ3) is 2.78. The fourth-order valence-corrected chi connectivity index (χ4v) is 2.03. The van der Waals surface area contributed by atoms with Gasteiger partial charge in [0, 0.05) is 0 Å². The summed E-state index contributed by atoms with van der Waals surface area (Å²) in [5.74, 6) is 0. The Kier molecular flexibility index (Phi) is 3.31. The molecule has 0 unspecified atom stereocenters. The minimum Gasteiger partial charge on any atom is -0.361 e. The van der Waals surface area contributed by atoms with Crippen LogP contribution in [0, 0.1) is 0 Å². The van der Waals surface area contributed by atoms with Crippen molar-refractivity contribution < 1.29 is 13.2 Å². The van der Waals surface area contributed by atoms with Gasteiger partial charge in [-0.05, 0) is 23.1 Å². The topological polar surface area (TPSA) is 70.5 Å². The van der Waals surface area contributed by atoms with Gasteiger partial charge < -0.3 is 5.53 Å². The van der Waals surface area contributed by atoms with Crippen molar-refractivity contribution in [3.8, 4) is 0 Å². The summed E-state index contributed by atoms with van der Waals surface area (Å²) in [4.78, 5) is 2.67. The molecule has 0 amide bonds. The Labute approximate surface area is 95.5 Å². The highest BCUT2D eigenvalue weighted by atomic mass is 32.2. The second-order valence-corrected chi connectivity index (χ2v) is 6.31. The summed E-state index contributed by atoms with van der Waals surface area (Å²) in [7, 11) is -3.61. The van der Waals surface area contributed by atoms with Gasteiger partial charge in [0.2, 0.25) is 0 Å². The van der Waals surface area contributed by atoms with E-state index in [2.05, 4.69) is 4.79 Å². The molecule has 0 bridgehead atoms. The van der Waals surface area contributed by atoms with Gasteiger partial charge >= 0.3 is 5.55 Å². The Morgan fingerprint density at radius 2 is 1.69 bits per heavy atom. The Morgan fingerprint density at radius 3 is 2.06 bits per heavy atom. The van der Waals surface area contributed by atoms with Crippen LogP contribution in [0.1, 0.15) is 26.3 Å². The zero-order chi connectivity index (χ0) is 12.4. The van der Waals surface area contributed by atoms with Crippen LogP contribution >= 0.6 is 0 Å². The number of hydrogen-bond donors (Lipinski definition) is 0. The van der Waals surface area contributed by atoms with Crippen LogP contribution in [0.4, 0.5) is 0 Å². The Bertz CT molecular complexity index is 518. The summed E-state index contributed by atoms with van der Waals surface area (Å²) in [5, 5.41) is 0. The van der Waals surface area contributed by atoms with E-state index in [4.69, 9.17) is 5.53 Å². The standard InChI is InChI=1S/C11H14N2O2S/c1-11(2,3)9-4-6-10(7-5-9)16(14,15)8-13-12/h4-8H,1-3H3. The van der Waals surface area contributed by atoms with Gasteiger partial charge in [-0.15, -0.1) is 0 Å². The van der Waals surface area contributed by atoms with Gasteiger partial charge in [-0.2, -0.15) is 4.79 Å². The van der Waals surface area contributed by atoms with Gasteiger partial charge in [0.25, 0.3) is 9.84 Å². The molecule has 0 aromatic heterocycles. The summed E-state index contributed by atoms with van der Waals surface area (Å²) in [6.07, 6.45) is 0. The van der Waals surface area contributed by atoms with E-state index in [0.29, 0.717) is 5.55 Å². The average molecular weight is 238 g/mol. The first-order chi connectivity index (χ1) is 7.27. The molecule has 0 saturated heterocycles. The Balaban J connectivity index is 3.19. The van der Waals surface area contributed by atoms with E-state index in [0.717, 1.165) is 5.56 Å². The lowest BCUT2D eigenvalue weighted by Gasteiger charge is -2.18. The second kappa shape index (κ2) is 4.20. The molecule has 0 spiro atoms. The van der Waals surface area contributed by atoms with Gasteiger partial charge in [0.15, 0.2) is 0 Å². The number of rotatable bonds is 2. The molecule has 1 aromatic carbocycles. The van der Waals surface area contributed by atoms with E-state index in [1.54, 1.807) is 12.1 Å². The van der Waals surface area contributed by atoms with Gasteiger partial charge in [-0.3, -0.25) is 0 Å². The summed E-state index contributed by atoms with van der Waals surface area (Å²) in [6, 6.07) is 6.55. The molecule has 1 rings (SSSR count). The molecule has 0 saturated carbocycles. The smallest absolute Gasteiger partial charge is 0.361 e. The molecule has 4 nitrogen and oxygen atoms in total. The van der Waals surface area contributed by atoms with Crippen LogP contribution in [-0.4, -0.2) is 18.8 Å². The fourth-order valence-electron chi connectivity index (χ4n) is 1.27. The normalized spacial score (nSPS) is 11.9. The highest BCUT2D eigenvalue weighted by molar-refractivity contribution is 8.04. The van der Waals surface area contributed by atoms with Gasteiger partial charge in [0.05, 0.1) is 4.90 Å². The molecule has 86 valence electrons. The summed E-state index contributed by atoms with van der Waals surface area (Å²) in [5.41, 5.74) is 9.79. The van der Waals surface area contributed by atoms with E-state index in [-0.39, 0.29) is 10.3 Å². The van der Waals surface area contributed by atoms with E-state index in [1.165, 1.54) is 12.1 Å². The molecule has 0 atom stereocenters. The quantitative estimate of drug-likeness (QED) is 0.342. The van der Waals surface area contributed by atoms with Gasteiger partial charge in [-0.1, -0.05) is 32.9 Å². The van der Waals surface area contributed by atoms with Crippen molar-refractivity contribution in [3.05, 3.63) is 35.4 Å². The molecule has 0 aliphatic heterocycles. The SMILES string of the molecule is CC(C)(C)c1ccc(S(=O)(=O)C=[N+]=[N-])cc1. The zero-order valence-corrected chi connectivity index (χ0v) is 10.3. The number of nitrogens with zero attached hydrogens (tertiary/aromatic N) is 2. The Morgan fingerprint density at radius 1 is 1.19 bits per heavy atom. The minimum atomic E-state index is -3.61. The van der Waals surface area contributed by atoms with Crippen molar-refractivity contribution in [1.82, 2.24) is 0 Å². The summed E-state index contributed by atoms with van der Waals surface area (Å²) >= 11 is 0. The summed E-state index contributed by atoms with van der Waals surface area (Å²) < 4.78 is 23.0. The van der Waals surface area contributed by atoms with Gasteiger partial charge in [-0.25, -0.2) is 8.42 Å². The maximum absolute atomic E-state index is 11.5. The molecule has 0 heterocycles. The van der Waals surface area contributed by atoms with Crippen molar-refractivity contribution in [2.75, 3.05) is 0 Å². The summed E-state index contributed by atoms with van der Waals surface area (Å²) in [6.45, 7) is 6.14. The number of hydrogen-bond acceptors (Lipinski definition) is 2. The second-order valence-electron chi connectivity index (χ2n) is 4.54. The van der Waals surface area contributed by atoms with E-state index < -0.39 is 9.84 Å². The predicted molar refractivity (Wildman–Crippen MR) is 62.0 cm³/mol. The molecule has 16 heavy (non-hydrogen) atoms. The third-order valence-electron chi connectivity index (χ3n) is 2.23. The third-order valence-corrected chi connectivity index (χ3v) is 3.54. The molecule has 0 aliphatic carbocycles. The van der Waals surface area contributed by atoms with Crippen LogP contribution in [0.15, 0.2) is 29.2 Å². The van der Waals surface area contributed by atoms with E-state index in [9.17, 15) is 8.42 Å². The van der Waals surface area contributed by atoms with Crippen molar-refractivity contribution in [3.63, 3.8) is 0 Å². The van der Waals surface area contributed by atoms with Gasteiger partial charge in [0.1, 0.15) is 0 Å². The van der Waals surface area contributed by atoms with Crippen LogP contribution in [0.5, 0.6) is 0 Å². The maximum Gasteiger partial charge on any atom is 0.374 e. The highest BCUT2D eigenvalue weighted by Crippen LogP contribution is 2.23. The first-order valence-electron chi connectivity index (χ1n) is 4.80. The average Bonchev–Trinajstić information content (AvgIpc) is 2.16. The first-order valence-corrected chi connectivity index (χ1v) is 6.35. The monoisotopic (exact) mass is 238 g/mol. The zero-order valence-electron chi connectivity index (χ0n) is 9.51. The van der Waals surface area contributed by atoms with Crippen molar-refractivity contribution in [1.29, 1.82) is 0 Å². The molecule has 0 N–H and O–H groups in total. The fraction of sp³-hybridized carbons (Fsp3) is 0.364. The van der Waals surface area contributed by atoms with Crippen molar-refractivity contribution >= 4 is 15.4 Å². The van der Waals surface area contributed by atoms with E-state index >= 15 is 0 Å². The largest absolute Gasteiger partial charge is 0.374 e. The Hall–Kier alpha value is -1.45. The number of sulfone groups is 1. The number of benzene rings is 1. The lowest BCUT2D eigenvalue weighted by molar-refractivity contribution is 0.00754. The molecule has 0 aliphatic rings. The first kappa shape index (κ1) is 12.6. The van der Waals surface area contributed by atoms with Crippen LogP contribution < -0.4 is 0 Å². The predicted octanol–water partition coefficient (Wildman–Crippen LogP) is 2.02. The highest BCUT2D eigenvalue weighted by Gasteiger charge is 2.18. The maximum atomic E-state index is 11.5. The lowest BCUT2D eigenvalue weighted by Crippen LogP contribution is -2.11. The minimum absolute atomic E-state index is 0.0205. The lowest BCUT2D eigenvalue weighted by atomic mass is 9.87. The van der Waals surface area contributed by atoms with Crippen LogP contribution in [0.25, 0.3) is 5.53 Å². The van der Waals surface area contributed by atoms with Crippen LogP contribution in [0.2, 0.25) is 0 Å². The van der Waals surface area contributed by atoms with Crippen molar-refractivity contribution in [2.45, 2.75) is 31.1 Å². The molecule has 1 aromatic rings. The van der Waals surface area contributed by atoms with Crippen LogP contribution in [-0.2, 0) is 15.3 Å². The molecular formula is C11H14N2O2S. The molecule has 5 heteroatoms. The van der Waals surface area contributed by atoms with Crippen molar-refractivity contribution in [2.24, 2.45) is 0 Å². The van der Waals surface area contributed by atoms with E-state index in [1.807, 2.05) is 20.8 Å². The van der Waals surface area contributed by atoms with Crippen LogP contribution in [0.3, 0.4) is 0 Å². The molecule has 0 radical (unpaired) electrons. The molecular weight excluding hydrogens is 224 g/mol. The molecule has 0 fully saturated rings.